The minimum atomic E-state index is -3.67. The van der Waals surface area contributed by atoms with Gasteiger partial charge in [0, 0.05) is 41.7 Å². The molecule has 3 N–H and O–H groups in total. The lowest BCUT2D eigenvalue weighted by Gasteiger charge is -2.17. The Balaban J connectivity index is 0.000000930. The summed E-state index contributed by atoms with van der Waals surface area (Å²) in [4.78, 5) is 23.9. The van der Waals surface area contributed by atoms with Crippen LogP contribution in [-0.2, 0) is 21.5 Å². The van der Waals surface area contributed by atoms with Crippen molar-refractivity contribution in [3.63, 3.8) is 0 Å². The molecule has 1 atom stereocenters. The van der Waals surface area contributed by atoms with Crippen LogP contribution in [0.3, 0.4) is 0 Å². The number of hydrogen-bond donors (Lipinski definition) is 3. The number of likely N-dealkylation sites (tertiary alicyclic amines) is 1. The number of carbonyl (C=O) groups is 1. The number of fused-ring (bicyclic) bond motifs is 1. The molecule has 1 fully saturated rings. The molecule has 0 radical (unpaired) electrons. The third-order valence-electron chi connectivity index (χ3n) is 7.00. The summed E-state index contributed by atoms with van der Waals surface area (Å²) in [6.07, 6.45) is 9.56. The lowest BCUT2D eigenvalue weighted by Crippen LogP contribution is -2.23. The Kier molecular flexibility index (Phi) is 12.1. The maximum atomic E-state index is 12.9. The average Bonchev–Trinajstić information content (AvgIpc) is 3.44. The summed E-state index contributed by atoms with van der Waals surface area (Å²) in [5.41, 5.74) is 3.38. The molecule has 5 rings (SSSR count). The van der Waals surface area contributed by atoms with Crippen LogP contribution in [0.1, 0.15) is 31.0 Å². The lowest BCUT2D eigenvalue weighted by atomic mass is 10.1. The number of nitrogens with zero attached hydrogens (tertiary/aromatic N) is 4. The summed E-state index contributed by atoms with van der Waals surface area (Å²) >= 11 is 6.54. The molecule has 4 aromatic rings. The van der Waals surface area contributed by atoms with Crippen molar-refractivity contribution in [3.8, 4) is 17.6 Å². The second kappa shape index (κ2) is 16.2. The van der Waals surface area contributed by atoms with Crippen LogP contribution in [0, 0.1) is 11.3 Å². The number of amides is 1. The fourth-order valence-electron chi connectivity index (χ4n) is 4.84. The Morgan fingerprint density at radius 1 is 1.19 bits per heavy atom. The van der Waals surface area contributed by atoms with Crippen LogP contribution in [-0.4, -0.2) is 66.2 Å². The van der Waals surface area contributed by atoms with E-state index in [0.29, 0.717) is 62.9 Å². The molecule has 2 aromatic carbocycles. The number of ether oxygens (including phenoxy) is 2. The molecule has 0 spiro atoms. The number of carbonyl (C=O) groups excluding carboxylic acids is 1. The Bertz CT molecular complexity index is 1890. The molecule has 246 valence electrons. The minimum Gasteiger partial charge on any atom is -0.492 e. The van der Waals surface area contributed by atoms with Crippen molar-refractivity contribution in [3.05, 3.63) is 89.4 Å². The minimum absolute atomic E-state index is 0.246. The van der Waals surface area contributed by atoms with Crippen molar-refractivity contribution in [2.24, 2.45) is 0 Å². The van der Waals surface area contributed by atoms with Gasteiger partial charge in [0.25, 0.3) is 10.1 Å². The van der Waals surface area contributed by atoms with E-state index in [1.54, 1.807) is 36.5 Å². The molecule has 0 bridgehead atoms. The number of halogens is 1. The molecular weight excluding hydrogens is 644 g/mol. The van der Waals surface area contributed by atoms with Gasteiger partial charge in [-0.05, 0) is 69.8 Å². The van der Waals surface area contributed by atoms with Gasteiger partial charge in [-0.25, -0.2) is 0 Å². The van der Waals surface area contributed by atoms with E-state index in [-0.39, 0.29) is 18.6 Å². The Morgan fingerprint density at radius 3 is 2.62 bits per heavy atom. The summed E-state index contributed by atoms with van der Waals surface area (Å²) in [7, 11) is -1.61. The van der Waals surface area contributed by atoms with Crippen molar-refractivity contribution in [2.75, 3.05) is 37.1 Å². The molecule has 2 aromatic heterocycles. The largest absolute Gasteiger partial charge is 0.492 e. The Hall–Kier alpha value is -4.74. The van der Waals surface area contributed by atoms with Crippen LogP contribution in [0.15, 0.2) is 73.1 Å². The zero-order valence-corrected chi connectivity index (χ0v) is 27.7. The highest BCUT2D eigenvalue weighted by Crippen LogP contribution is 2.37. The first-order valence-electron chi connectivity index (χ1n) is 14.7. The monoisotopic (exact) mass is 678 g/mol. The summed E-state index contributed by atoms with van der Waals surface area (Å²) in [5.74, 6) is 0.740. The summed E-state index contributed by atoms with van der Waals surface area (Å²) in [6.45, 7) is 3.58. The maximum absolute atomic E-state index is 12.9. The second-order valence-corrected chi connectivity index (χ2v) is 12.5. The summed E-state index contributed by atoms with van der Waals surface area (Å²) in [5, 5.41) is 17.2. The highest BCUT2D eigenvalue weighted by molar-refractivity contribution is 7.85. The molecule has 1 aliphatic rings. The van der Waals surface area contributed by atoms with Crippen LogP contribution in [0.4, 0.5) is 17.1 Å². The topological polar surface area (TPSA) is 167 Å². The van der Waals surface area contributed by atoms with Crippen molar-refractivity contribution < 1.29 is 27.2 Å². The van der Waals surface area contributed by atoms with Gasteiger partial charge in [-0.3, -0.25) is 24.2 Å². The number of benzene rings is 2. The van der Waals surface area contributed by atoms with Gasteiger partial charge in [-0.1, -0.05) is 23.7 Å². The highest BCUT2D eigenvalue weighted by atomic mass is 35.5. The number of nitrogens with one attached hydrogen (secondary N) is 2. The van der Waals surface area contributed by atoms with Gasteiger partial charge in [0.05, 0.1) is 46.0 Å². The average molecular weight is 679 g/mol. The molecule has 0 saturated carbocycles. The predicted molar refractivity (Wildman–Crippen MR) is 182 cm³/mol. The molecule has 3 heterocycles. The zero-order valence-electron chi connectivity index (χ0n) is 26.1. The fraction of sp³-hybridized carbons (Fsp3) is 0.273. The Morgan fingerprint density at radius 2 is 1.98 bits per heavy atom. The number of aromatic nitrogens is 2. The van der Waals surface area contributed by atoms with Crippen molar-refractivity contribution in [1.82, 2.24) is 14.9 Å². The van der Waals surface area contributed by atoms with E-state index in [0.717, 1.165) is 25.1 Å². The quantitative estimate of drug-likeness (QED) is 0.134. The van der Waals surface area contributed by atoms with Gasteiger partial charge in [0.1, 0.15) is 24.2 Å². The van der Waals surface area contributed by atoms with E-state index in [4.69, 9.17) is 25.6 Å². The van der Waals surface area contributed by atoms with E-state index in [9.17, 15) is 18.5 Å². The van der Waals surface area contributed by atoms with Crippen molar-refractivity contribution in [2.45, 2.75) is 32.4 Å². The molecule has 0 aliphatic carbocycles. The molecule has 12 nitrogen and oxygen atoms in total. The number of pyridine rings is 2. The van der Waals surface area contributed by atoms with Gasteiger partial charge < -0.3 is 20.1 Å². The van der Waals surface area contributed by atoms with E-state index >= 15 is 0 Å². The fourth-order valence-corrected chi connectivity index (χ4v) is 5.07. The SMILES string of the molecule is CCOc1cc2ncc(C#N)c(Nc3ccc(OCc4ccccn4)c(Cl)c3)c2cc1NC(=O)/C=C/[C@H]1CCCN1C.CS(=O)(=O)O. The predicted octanol–water partition coefficient (Wildman–Crippen LogP) is 5.97. The number of hydrogen-bond acceptors (Lipinski definition) is 10. The third-order valence-corrected chi connectivity index (χ3v) is 7.29. The maximum Gasteiger partial charge on any atom is 0.261 e. The first-order chi connectivity index (χ1) is 22.4. The second-order valence-electron chi connectivity index (χ2n) is 10.6. The molecule has 1 saturated heterocycles. The standard InChI is InChI=1S/C32H31ClN6O3.CH4O3S/c1-3-41-30-17-27-25(16-28(30)38-31(40)12-10-24-8-6-14-39(24)2)32(21(18-34)19-36-27)37-22-9-11-29(26(33)15-22)42-20-23-7-4-5-13-35-23;1-5(2,3)4/h4-5,7,9-13,15-17,19,24H,3,6,8,14,20H2,1-2H3,(H,36,37)(H,38,40);1H3,(H,2,3,4)/b12-10+;/t24-;/m1./s1. The van der Waals surface area contributed by atoms with Crippen LogP contribution < -0.4 is 20.1 Å². The van der Waals surface area contributed by atoms with Crippen molar-refractivity contribution in [1.29, 1.82) is 5.26 Å². The molecule has 1 aliphatic heterocycles. The molecule has 0 unspecified atom stereocenters. The van der Waals surface area contributed by atoms with Crippen LogP contribution in [0.25, 0.3) is 10.9 Å². The molecular formula is C33H35ClN6O6S. The van der Waals surface area contributed by atoms with Crippen LogP contribution >= 0.6 is 11.6 Å². The molecule has 1 amide bonds. The van der Waals surface area contributed by atoms with Crippen LogP contribution in [0.5, 0.6) is 11.5 Å². The van der Waals surface area contributed by atoms with Crippen molar-refractivity contribution >= 4 is 55.6 Å². The van der Waals surface area contributed by atoms with E-state index < -0.39 is 10.1 Å². The smallest absolute Gasteiger partial charge is 0.261 e. The molecule has 14 heteroatoms. The third kappa shape index (κ3) is 10.4. The number of anilines is 3. The first-order valence-corrected chi connectivity index (χ1v) is 16.9. The number of nitriles is 1. The summed E-state index contributed by atoms with van der Waals surface area (Å²) in [6, 6.07) is 16.9. The van der Waals surface area contributed by atoms with Gasteiger partial charge in [0.15, 0.2) is 0 Å². The van der Waals surface area contributed by atoms with Gasteiger partial charge >= 0.3 is 0 Å². The molecule has 47 heavy (non-hydrogen) atoms. The van der Waals surface area contributed by atoms with Crippen LogP contribution in [0.2, 0.25) is 5.02 Å². The normalized spacial score (nSPS) is 14.7. The summed E-state index contributed by atoms with van der Waals surface area (Å²) < 4.78 is 37.5. The Labute approximate surface area is 278 Å². The van der Waals surface area contributed by atoms with E-state index in [1.165, 1.54) is 6.20 Å². The van der Waals surface area contributed by atoms with E-state index in [2.05, 4.69) is 38.6 Å². The zero-order chi connectivity index (χ0) is 34.0. The van der Waals surface area contributed by atoms with E-state index in [1.807, 2.05) is 37.3 Å². The highest BCUT2D eigenvalue weighted by Gasteiger charge is 2.19. The first kappa shape index (κ1) is 35.1. The number of rotatable bonds is 10. The van der Waals surface area contributed by atoms with Gasteiger partial charge in [-0.15, -0.1) is 0 Å². The van der Waals surface area contributed by atoms with Gasteiger partial charge in [-0.2, -0.15) is 13.7 Å². The van der Waals surface area contributed by atoms with Gasteiger partial charge in [0.2, 0.25) is 5.91 Å². The lowest BCUT2D eigenvalue weighted by molar-refractivity contribution is -0.112. The number of likely N-dealkylation sites (N-methyl/N-ethyl adjacent to an activating group) is 1.